The van der Waals surface area contributed by atoms with Crippen molar-refractivity contribution < 1.29 is 9.21 Å². The van der Waals surface area contributed by atoms with E-state index in [2.05, 4.69) is 4.90 Å². The van der Waals surface area contributed by atoms with Crippen LogP contribution in [-0.4, -0.2) is 55.0 Å². The summed E-state index contributed by atoms with van der Waals surface area (Å²) in [4.78, 5) is 16.5. The van der Waals surface area contributed by atoms with Gasteiger partial charge in [-0.2, -0.15) is 0 Å². The van der Waals surface area contributed by atoms with Crippen LogP contribution >= 0.6 is 0 Å². The van der Waals surface area contributed by atoms with Crippen LogP contribution in [0.2, 0.25) is 0 Å². The number of furan rings is 1. The number of hydrogen-bond acceptors (Lipinski definition) is 4. The molecule has 0 aliphatic carbocycles. The SMILES string of the molecule is Cc1ccoc1C(=O)N1CCCN(CCN)CC1. The highest BCUT2D eigenvalue weighted by molar-refractivity contribution is 5.92. The lowest BCUT2D eigenvalue weighted by Crippen LogP contribution is -2.36. The van der Waals surface area contributed by atoms with E-state index in [1.54, 1.807) is 6.26 Å². The van der Waals surface area contributed by atoms with E-state index in [1.807, 2.05) is 17.9 Å². The Kier molecular flexibility index (Phi) is 4.38. The molecule has 1 aliphatic rings. The molecule has 0 saturated carbocycles. The van der Waals surface area contributed by atoms with E-state index < -0.39 is 0 Å². The van der Waals surface area contributed by atoms with Gasteiger partial charge in [0.2, 0.25) is 0 Å². The topological polar surface area (TPSA) is 62.7 Å². The Bertz CT molecular complexity index is 403. The predicted molar refractivity (Wildman–Crippen MR) is 69.5 cm³/mol. The molecule has 5 heteroatoms. The number of nitrogens with two attached hydrogens (primary N) is 1. The Labute approximate surface area is 108 Å². The molecule has 0 atom stereocenters. The van der Waals surface area contributed by atoms with Gasteiger partial charge in [0.05, 0.1) is 6.26 Å². The minimum atomic E-state index is 0.00657. The fraction of sp³-hybridized carbons (Fsp3) is 0.615. The smallest absolute Gasteiger partial charge is 0.289 e. The first-order valence-corrected chi connectivity index (χ1v) is 6.48. The van der Waals surface area contributed by atoms with Crippen LogP contribution in [0.1, 0.15) is 22.5 Å². The molecule has 1 aliphatic heterocycles. The van der Waals surface area contributed by atoms with E-state index in [9.17, 15) is 4.79 Å². The quantitative estimate of drug-likeness (QED) is 0.858. The zero-order chi connectivity index (χ0) is 13.0. The second-order valence-corrected chi connectivity index (χ2v) is 4.71. The van der Waals surface area contributed by atoms with Crippen LogP contribution in [0.4, 0.5) is 0 Å². The number of amides is 1. The van der Waals surface area contributed by atoms with Crippen LogP contribution in [0.3, 0.4) is 0 Å². The van der Waals surface area contributed by atoms with Crippen molar-refractivity contribution in [2.75, 3.05) is 39.3 Å². The first-order valence-electron chi connectivity index (χ1n) is 6.48. The summed E-state index contributed by atoms with van der Waals surface area (Å²) in [5.41, 5.74) is 6.47. The van der Waals surface area contributed by atoms with E-state index in [4.69, 9.17) is 10.2 Å². The molecule has 0 radical (unpaired) electrons. The Morgan fingerprint density at radius 1 is 1.39 bits per heavy atom. The summed E-state index contributed by atoms with van der Waals surface area (Å²) in [7, 11) is 0. The van der Waals surface area contributed by atoms with Crippen LogP contribution in [-0.2, 0) is 0 Å². The fourth-order valence-corrected chi connectivity index (χ4v) is 2.32. The first kappa shape index (κ1) is 13.1. The second kappa shape index (κ2) is 6.02. The van der Waals surface area contributed by atoms with Gasteiger partial charge < -0.3 is 20.0 Å². The molecule has 100 valence electrons. The average Bonchev–Trinajstić information content (AvgIpc) is 2.64. The molecule has 1 saturated heterocycles. The van der Waals surface area contributed by atoms with Crippen molar-refractivity contribution in [1.29, 1.82) is 0 Å². The molecule has 1 aromatic heterocycles. The van der Waals surface area contributed by atoms with Gasteiger partial charge in [-0.3, -0.25) is 4.79 Å². The molecule has 2 heterocycles. The number of carbonyl (C=O) groups is 1. The summed E-state index contributed by atoms with van der Waals surface area (Å²) in [6.45, 7) is 6.92. The van der Waals surface area contributed by atoms with E-state index in [1.165, 1.54) is 0 Å². The maximum absolute atomic E-state index is 12.3. The third-order valence-corrected chi connectivity index (χ3v) is 3.38. The van der Waals surface area contributed by atoms with Crippen molar-refractivity contribution in [2.24, 2.45) is 5.73 Å². The molecule has 0 bridgehead atoms. The van der Waals surface area contributed by atoms with Gasteiger partial charge in [0.15, 0.2) is 5.76 Å². The Morgan fingerprint density at radius 3 is 2.89 bits per heavy atom. The summed E-state index contributed by atoms with van der Waals surface area (Å²) in [6.07, 6.45) is 2.56. The lowest BCUT2D eigenvalue weighted by molar-refractivity contribution is 0.0728. The Hall–Kier alpha value is -1.33. The van der Waals surface area contributed by atoms with E-state index in [0.717, 1.165) is 44.7 Å². The number of nitrogens with zero attached hydrogens (tertiary/aromatic N) is 2. The lowest BCUT2D eigenvalue weighted by atomic mass is 10.2. The number of rotatable bonds is 3. The summed E-state index contributed by atoms with van der Waals surface area (Å²) in [5.74, 6) is 0.481. The third kappa shape index (κ3) is 2.91. The molecule has 1 amide bonds. The van der Waals surface area contributed by atoms with Crippen LogP contribution in [0.5, 0.6) is 0 Å². The van der Waals surface area contributed by atoms with Crippen molar-refractivity contribution in [1.82, 2.24) is 9.80 Å². The van der Waals surface area contributed by atoms with Gasteiger partial charge in [0.1, 0.15) is 0 Å². The molecule has 2 N–H and O–H groups in total. The Balaban J connectivity index is 1.98. The van der Waals surface area contributed by atoms with Gasteiger partial charge in [-0.1, -0.05) is 0 Å². The Morgan fingerprint density at radius 2 is 2.22 bits per heavy atom. The maximum Gasteiger partial charge on any atom is 0.289 e. The highest BCUT2D eigenvalue weighted by Crippen LogP contribution is 2.13. The molecule has 0 unspecified atom stereocenters. The molecular formula is C13H21N3O2. The number of carbonyl (C=O) groups excluding carboxylic acids is 1. The van der Waals surface area contributed by atoms with Crippen molar-refractivity contribution in [3.05, 3.63) is 23.7 Å². The number of aryl methyl sites for hydroxylation is 1. The van der Waals surface area contributed by atoms with Gasteiger partial charge in [-0.15, -0.1) is 0 Å². The second-order valence-electron chi connectivity index (χ2n) is 4.71. The maximum atomic E-state index is 12.3. The third-order valence-electron chi connectivity index (χ3n) is 3.38. The van der Waals surface area contributed by atoms with Gasteiger partial charge in [-0.25, -0.2) is 0 Å². The summed E-state index contributed by atoms with van der Waals surface area (Å²) >= 11 is 0. The van der Waals surface area contributed by atoms with Crippen molar-refractivity contribution >= 4 is 5.91 Å². The molecule has 0 spiro atoms. The largest absolute Gasteiger partial charge is 0.459 e. The van der Waals surface area contributed by atoms with Crippen LogP contribution in [0, 0.1) is 6.92 Å². The molecule has 1 fully saturated rings. The highest BCUT2D eigenvalue weighted by atomic mass is 16.3. The van der Waals surface area contributed by atoms with Crippen LogP contribution in [0.15, 0.2) is 16.7 Å². The van der Waals surface area contributed by atoms with Gasteiger partial charge in [0.25, 0.3) is 5.91 Å². The minimum absolute atomic E-state index is 0.00657. The predicted octanol–water partition coefficient (Wildman–Crippen LogP) is 0.695. The highest BCUT2D eigenvalue weighted by Gasteiger charge is 2.23. The van der Waals surface area contributed by atoms with Gasteiger partial charge in [0, 0.05) is 38.3 Å². The summed E-state index contributed by atoms with van der Waals surface area (Å²) < 4.78 is 5.27. The van der Waals surface area contributed by atoms with Crippen molar-refractivity contribution in [3.63, 3.8) is 0 Å². The summed E-state index contributed by atoms with van der Waals surface area (Å²) in [5, 5.41) is 0. The van der Waals surface area contributed by atoms with E-state index in [0.29, 0.717) is 12.3 Å². The first-order chi connectivity index (χ1) is 8.72. The molecule has 2 rings (SSSR count). The fourth-order valence-electron chi connectivity index (χ4n) is 2.32. The lowest BCUT2D eigenvalue weighted by Gasteiger charge is -2.21. The number of hydrogen-bond donors (Lipinski definition) is 1. The molecule has 0 aromatic carbocycles. The van der Waals surface area contributed by atoms with Crippen LogP contribution < -0.4 is 5.73 Å². The van der Waals surface area contributed by atoms with Crippen molar-refractivity contribution in [2.45, 2.75) is 13.3 Å². The average molecular weight is 251 g/mol. The molecular weight excluding hydrogens is 230 g/mol. The standard InChI is InChI=1S/C13H21N3O2/c1-11-3-10-18-12(11)13(17)16-6-2-5-15(7-4-14)8-9-16/h3,10H,2,4-9,14H2,1H3. The zero-order valence-corrected chi connectivity index (χ0v) is 10.9. The zero-order valence-electron chi connectivity index (χ0n) is 10.9. The molecule has 1 aromatic rings. The van der Waals surface area contributed by atoms with E-state index in [-0.39, 0.29) is 5.91 Å². The van der Waals surface area contributed by atoms with E-state index >= 15 is 0 Å². The van der Waals surface area contributed by atoms with Gasteiger partial charge in [-0.05, 0) is 26.0 Å². The van der Waals surface area contributed by atoms with Gasteiger partial charge >= 0.3 is 0 Å². The molecule has 5 nitrogen and oxygen atoms in total. The summed E-state index contributed by atoms with van der Waals surface area (Å²) in [6, 6.07) is 1.83. The minimum Gasteiger partial charge on any atom is -0.459 e. The monoisotopic (exact) mass is 251 g/mol. The molecule has 18 heavy (non-hydrogen) atoms. The normalized spacial score (nSPS) is 17.8. The van der Waals surface area contributed by atoms with Crippen molar-refractivity contribution in [3.8, 4) is 0 Å². The van der Waals surface area contributed by atoms with Crippen LogP contribution in [0.25, 0.3) is 0 Å².